The quantitative estimate of drug-likeness (QED) is 0.856. The van der Waals surface area contributed by atoms with Crippen LogP contribution in [0.25, 0.3) is 0 Å². The van der Waals surface area contributed by atoms with E-state index in [1.807, 2.05) is 43.0 Å². The molecule has 2 aromatic rings. The number of likely N-dealkylation sites (N-methyl/N-ethyl adjacent to an activating group) is 1. The average molecular weight is 354 g/mol. The molecule has 3 heterocycles. The zero-order chi connectivity index (χ0) is 18.5. The standard InChI is InChI=1S/C19H26N6O/c1-13-6-4-8-16(21-13)23-17-10-14(2)22-19(24-17)15-7-5-9-25(12-15)18(26)11-20-3/h4,6,8,10,15,20H,5,7,9,11-12H2,1-3H3,(H,21,22,23,24). The van der Waals surface area contributed by atoms with Gasteiger partial charge in [-0.15, -0.1) is 0 Å². The minimum absolute atomic E-state index is 0.132. The molecule has 1 fully saturated rings. The first-order valence-electron chi connectivity index (χ1n) is 9.04. The minimum Gasteiger partial charge on any atom is -0.341 e. The van der Waals surface area contributed by atoms with Crippen LogP contribution in [0.3, 0.4) is 0 Å². The first-order chi connectivity index (χ1) is 12.5. The molecule has 1 aliphatic heterocycles. The summed E-state index contributed by atoms with van der Waals surface area (Å²) in [5, 5.41) is 6.20. The molecule has 0 aliphatic carbocycles. The van der Waals surface area contributed by atoms with E-state index in [2.05, 4.69) is 20.6 Å². The Hall–Kier alpha value is -2.54. The Balaban J connectivity index is 1.77. The summed E-state index contributed by atoms with van der Waals surface area (Å²) >= 11 is 0. The highest BCUT2D eigenvalue weighted by Gasteiger charge is 2.26. The average Bonchev–Trinajstić information content (AvgIpc) is 2.61. The Morgan fingerprint density at radius 2 is 2.04 bits per heavy atom. The van der Waals surface area contributed by atoms with Gasteiger partial charge in [0.15, 0.2) is 0 Å². The Bertz CT molecular complexity index is 778. The highest BCUT2D eigenvalue weighted by atomic mass is 16.2. The second kappa shape index (κ2) is 8.23. The lowest BCUT2D eigenvalue weighted by atomic mass is 9.97. The zero-order valence-corrected chi connectivity index (χ0v) is 15.6. The summed E-state index contributed by atoms with van der Waals surface area (Å²) in [6.07, 6.45) is 1.97. The number of carbonyl (C=O) groups is 1. The number of amides is 1. The third kappa shape index (κ3) is 4.54. The molecule has 26 heavy (non-hydrogen) atoms. The summed E-state index contributed by atoms with van der Waals surface area (Å²) < 4.78 is 0. The largest absolute Gasteiger partial charge is 0.341 e. The SMILES string of the molecule is CNCC(=O)N1CCCC(c2nc(C)cc(Nc3cccc(C)n3)n2)C1. The maximum absolute atomic E-state index is 12.2. The van der Waals surface area contributed by atoms with Gasteiger partial charge in [-0.25, -0.2) is 15.0 Å². The van der Waals surface area contributed by atoms with Gasteiger partial charge in [0.05, 0.1) is 6.54 Å². The smallest absolute Gasteiger partial charge is 0.236 e. The molecule has 0 saturated carbocycles. The zero-order valence-electron chi connectivity index (χ0n) is 15.6. The predicted octanol–water partition coefficient (Wildman–Crippen LogP) is 2.16. The summed E-state index contributed by atoms with van der Waals surface area (Å²) in [4.78, 5) is 27.9. The third-order valence-electron chi connectivity index (χ3n) is 4.48. The minimum atomic E-state index is 0.132. The summed E-state index contributed by atoms with van der Waals surface area (Å²) in [6.45, 7) is 5.77. The van der Waals surface area contributed by atoms with E-state index in [1.165, 1.54) is 0 Å². The number of nitrogens with zero attached hydrogens (tertiary/aromatic N) is 4. The van der Waals surface area contributed by atoms with Crippen LogP contribution < -0.4 is 10.6 Å². The molecule has 1 aliphatic rings. The molecular formula is C19H26N6O. The van der Waals surface area contributed by atoms with E-state index in [0.717, 1.165) is 48.2 Å². The molecule has 0 radical (unpaired) electrons. The molecule has 1 amide bonds. The van der Waals surface area contributed by atoms with E-state index in [4.69, 9.17) is 4.98 Å². The summed E-state index contributed by atoms with van der Waals surface area (Å²) in [5.74, 6) is 2.59. The van der Waals surface area contributed by atoms with Crippen LogP contribution in [0.15, 0.2) is 24.3 Å². The van der Waals surface area contributed by atoms with Crippen LogP contribution >= 0.6 is 0 Å². The number of piperidine rings is 1. The van der Waals surface area contributed by atoms with Gasteiger partial charge in [-0.05, 0) is 45.9 Å². The van der Waals surface area contributed by atoms with Crippen LogP contribution in [-0.4, -0.2) is 52.4 Å². The van der Waals surface area contributed by atoms with Crippen molar-refractivity contribution in [2.75, 3.05) is 32.0 Å². The molecule has 2 N–H and O–H groups in total. The van der Waals surface area contributed by atoms with Crippen molar-refractivity contribution < 1.29 is 4.79 Å². The number of aromatic nitrogens is 3. The monoisotopic (exact) mass is 354 g/mol. The topological polar surface area (TPSA) is 83.0 Å². The molecule has 1 atom stereocenters. The van der Waals surface area contributed by atoms with E-state index in [-0.39, 0.29) is 11.8 Å². The fraction of sp³-hybridized carbons (Fsp3) is 0.474. The normalized spacial score (nSPS) is 17.2. The maximum Gasteiger partial charge on any atom is 0.236 e. The van der Waals surface area contributed by atoms with E-state index < -0.39 is 0 Å². The van der Waals surface area contributed by atoms with Crippen molar-refractivity contribution >= 4 is 17.5 Å². The number of likely N-dealkylation sites (tertiary alicyclic amines) is 1. The van der Waals surface area contributed by atoms with Crippen molar-refractivity contribution in [3.05, 3.63) is 41.5 Å². The van der Waals surface area contributed by atoms with Gasteiger partial charge in [0.25, 0.3) is 0 Å². The van der Waals surface area contributed by atoms with Crippen LogP contribution in [0, 0.1) is 13.8 Å². The number of hydrogen-bond donors (Lipinski definition) is 2. The molecule has 138 valence electrons. The van der Waals surface area contributed by atoms with Gasteiger partial charge in [0.1, 0.15) is 17.5 Å². The summed E-state index contributed by atoms with van der Waals surface area (Å²) in [5.41, 5.74) is 1.86. The molecule has 7 heteroatoms. The lowest BCUT2D eigenvalue weighted by Crippen LogP contribution is -2.43. The van der Waals surface area contributed by atoms with Gasteiger partial charge < -0.3 is 15.5 Å². The molecule has 1 saturated heterocycles. The van der Waals surface area contributed by atoms with E-state index >= 15 is 0 Å². The van der Waals surface area contributed by atoms with Crippen molar-refractivity contribution in [3.8, 4) is 0 Å². The van der Waals surface area contributed by atoms with E-state index in [1.54, 1.807) is 7.05 Å². The molecule has 0 bridgehead atoms. The first kappa shape index (κ1) is 18.3. The number of carbonyl (C=O) groups excluding carboxylic acids is 1. The Kier molecular flexibility index (Phi) is 5.78. The van der Waals surface area contributed by atoms with Gasteiger partial charge in [0, 0.05) is 36.5 Å². The van der Waals surface area contributed by atoms with Gasteiger partial charge in [-0.2, -0.15) is 0 Å². The van der Waals surface area contributed by atoms with Crippen molar-refractivity contribution in [2.45, 2.75) is 32.6 Å². The molecular weight excluding hydrogens is 328 g/mol. The van der Waals surface area contributed by atoms with Gasteiger partial charge >= 0.3 is 0 Å². The summed E-state index contributed by atoms with van der Waals surface area (Å²) in [7, 11) is 1.79. The number of aryl methyl sites for hydroxylation is 2. The Morgan fingerprint density at radius 3 is 2.81 bits per heavy atom. The second-order valence-electron chi connectivity index (χ2n) is 6.75. The van der Waals surface area contributed by atoms with Crippen LogP contribution in [0.4, 0.5) is 11.6 Å². The van der Waals surface area contributed by atoms with Crippen molar-refractivity contribution in [3.63, 3.8) is 0 Å². The summed E-state index contributed by atoms with van der Waals surface area (Å²) in [6, 6.07) is 7.76. The van der Waals surface area contributed by atoms with Gasteiger partial charge in [0.2, 0.25) is 5.91 Å². The van der Waals surface area contributed by atoms with Crippen LogP contribution in [0.5, 0.6) is 0 Å². The number of pyridine rings is 1. The molecule has 1 unspecified atom stereocenters. The van der Waals surface area contributed by atoms with Crippen molar-refractivity contribution in [2.24, 2.45) is 0 Å². The van der Waals surface area contributed by atoms with Gasteiger partial charge in [-0.3, -0.25) is 4.79 Å². The van der Waals surface area contributed by atoms with Crippen LogP contribution in [-0.2, 0) is 4.79 Å². The van der Waals surface area contributed by atoms with Crippen molar-refractivity contribution in [1.82, 2.24) is 25.2 Å². The highest BCUT2D eigenvalue weighted by molar-refractivity contribution is 5.78. The highest BCUT2D eigenvalue weighted by Crippen LogP contribution is 2.26. The molecule has 0 spiro atoms. The van der Waals surface area contributed by atoms with E-state index in [9.17, 15) is 4.79 Å². The fourth-order valence-electron chi connectivity index (χ4n) is 3.26. The van der Waals surface area contributed by atoms with Crippen LogP contribution in [0.2, 0.25) is 0 Å². The van der Waals surface area contributed by atoms with Crippen LogP contribution in [0.1, 0.15) is 36.0 Å². The first-order valence-corrected chi connectivity index (χ1v) is 9.04. The van der Waals surface area contributed by atoms with Gasteiger partial charge in [-0.1, -0.05) is 6.07 Å². The van der Waals surface area contributed by atoms with Crippen molar-refractivity contribution in [1.29, 1.82) is 0 Å². The second-order valence-corrected chi connectivity index (χ2v) is 6.75. The third-order valence-corrected chi connectivity index (χ3v) is 4.48. The number of hydrogen-bond acceptors (Lipinski definition) is 6. The Morgan fingerprint density at radius 1 is 1.19 bits per heavy atom. The lowest BCUT2D eigenvalue weighted by molar-refractivity contribution is -0.131. The Labute approximate surface area is 154 Å². The van der Waals surface area contributed by atoms with E-state index in [0.29, 0.717) is 13.1 Å². The molecule has 2 aromatic heterocycles. The number of nitrogens with one attached hydrogen (secondary N) is 2. The molecule has 7 nitrogen and oxygen atoms in total. The fourth-order valence-corrected chi connectivity index (χ4v) is 3.26. The maximum atomic E-state index is 12.2. The molecule has 3 rings (SSSR count). The predicted molar refractivity (Wildman–Crippen MR) is 102 cm³/mol. The molecule has 0 aromatic carbocycles. The lowest BCUT2D eigenvalue weighted by Gasteiger charge is -2.32. The number of rotatable bonds is 5. The number of anilines is 2.